The van der Waals surface area contributed by atoms with Crippen LogP contribution < -0.4 is 0 Å². The molecule has 0 radical (unpaired) electrons. The van der Waals surface area contributed by atoms with Crippen LogP contribution >= 0.6 is 10.7 Å². The zero-order valence-electron chi connectivity index (χ0n) is 8.18. The van der Waals surface area contributed by atoms with Gasteiger partial charge in [-0.05, 0) is 12.1 Å². The van der Waals surface area contributed by atoms with Crippen LogP contribution in [0.5, 0.6) is 0 Å². The predicted octanol–water partition coefficient (Wildman–Crippen LogP) is 1.97. The fourth-order valence-corrected chi connectivity index (χ4v) is 2.66. The van der Waals surface area contributed by atoms with Crippen LogP contribution in [0.1, 0.15) is 0 Å². The van der Waals surface area contributed by atoms with E-state index in [1.165, 1.54) is 30.7 Å². The number of nitrogens with zero attached hydrogens (tertiary/aromatic N) is 1. The average Bonchev–Trinajstić information content (AvgIpc) is 1.99. The fourth-order valence-electron chi connectivity index (χ4n) is 0.976. The highest BCUT2D eigenvalue weighted by Crippen LogP contribution is 2.27. The summed E-state index contributed by atoms with van der Waals surface area (Å²) < 4.78 is 37.6. The second-order valence-corrected chi connectivity index (χ2v) is 8.26. The molecule has 0 saturated heterocycles. The van der Waals surface area contributed by atoms with Crippen LogP contribution in [-0.4, -0.2) is 25.1 Å². The van der Waals surface area contributed by atoms with Gasteiger partial charge in [0.2, 0.25) is 0 Å². The molecule has 0 atom stereocenters. The van der Waals surface area contributed by atoms with Crippen LogP contribution in [0.2, 0.25) is 0 Å². The Morgan fingerprint density at radius 2 is 1.67 bits per heavy atom. The Labute approximate surface area is 93.9 Å². The van der Waals surface area contributed by atoms with E-state index < -0.39 is 18.8 Å². The summed E-state index contributed by atoms with van der Waals surface area (Å²) in [6.07, 6.45) is 2.84. The van der Waals surface area contributed by atoms with Gasteiger partial charge in [0.15, 0.2) is 0 Å². The topological polar surface area (TPSA) is 63.6 Å². The Balaban J connectivity index is 3.53. The number of benzene rings is 1. The number of hydrogen-bond donors (Lipinski definition) is 0. The molecule has 0 aromatic heterocycles. The molecule has 0 spiro atoms. The smallest absolute Gasteiger partial charge is 0.250 e. The summed E-state index contributed by atoms with van der Waals surface area (Å²) in [5.74, 6) is 0. The van der Waals surface area contributed by atoms with Crippen molar-refractivity contribution in [2.24, 2.45) is 4.36 Å². The maximum Gasteiger partial charge on any atom is 0.263 e. The first-order valence-electron chi connectivity index (χ1n) is 3.91. The monoisotopic (exact) mass is 267 g/mol. The molecule has 0 N–H and O–H groups in total. The van der Waals surface area contributed by atoms with E-state index >= 15 is 0 Å². The van der Waals surface area contributed by atoms with E-state index in [9.17, 15) is 12.6 Å². The van der Waals surface area contributed by atoms with Crippen LogP contribution in [0.25, 0.3) is 0 Å². The predicted molar refractivity (Wildman–Crippen MR) is 61.6 cm³/mol. The highest BCUT2D eigenvalue weighted by atomic mass is 35.7. The summed E-state index contributed by atoms with van der Waals surface area (Å²) in [7, 11) is -1.05. The lowest BCUT2D eigenvalue weighted by atomic mass is 10.3. The lowest BCUT2D eigenvalue weighted by Crippen LogP contribution is -1.94. The van der Waals surface area contributed by atoms with Crippen molar-refractivity contribution in [3.8, 4) is 0 Å². The van der Waals surface area contributed by atoms with Gasteiger partial charge in [-0.2, -0.15) is 4.36 Å². The van der Waals surface area contributed by atoms with E-state index in [2.05, 4.69) is 4.36 Å². The first-order valence-corrected chi connectivity index (χ1v) is 8.55. The molecule has 4 nitrogen and oxygen atoms in total. The first kappa shape index (κ1) is 12.5. The second kappa shape index (κ2) is 4.11. The maximum atomic E-state index is 11.4. The molecule has 1 aromatic carbocycles. The van der Waals surface area contributed by atoms with Gasteiger partial charge in [-0.15, -0.1) is 0 Å². The van der Waals surface area contributed by atoms with Gasteiger partial charge in [-0.25, -0.2) is 12.6 Å². The van der Waals surface area contributed by atoms with Gasteiger partial charge in [0.1, 0.15) is 4.90 Å². The molecule has 1 rings (SSSR count). The highest BCUT2D eigenvalue weighted by Gasteiger charge is 2.14. The minimum atomic E-state index is -3.85. The molecular weight excluding hydrogens is 258 g/mol. The first-order chi connectivity index (χ1) is 6.70. The van der Waals surface area contributed by atoms with Crippen molar-refractivity contribution < 1.29 is 12.6 Å². The molecular formula is C8H10ClNO3S2. The van der Waals surface area contributed by atoms with Gasteiger partial charge in [0.25, 0.3) is 9.05 Å². The van der Waals surface area contributed by atoms with Crippen molar-refractivity contribution in [3.05, 3.63) is 24.3 Å². The molecule has 1 aromatic rings. The molecule has 0 heterocycles. The van der Waals surface area contributed by atoms with Gasteiger partial charge in [-0.1, -0.05) is 12.1 Å². The van der Waals surface area contributed by atoms with Gasteiger partial charge >= 0.3 is 0 Å². The van der Waals surface area contributed by atoms with Gasteiger partial charge < -0.3 is 0 Å². The van der Waals surface area contributed by atoms with Crippen LogP contribution in [0, 0.1) is 0 Å². The summed E-state index contributed by atoms with van der Waals surface area (Å²) in [4.78, 5) is -0.122. The molecule has 7 heteroatoms. The Bertz CT molecular complexity index is 578. The minimum Gasteiger partial charge on any atom is -0.250 e. The molecule has 84 valence electrons. The third-order valence-corrected chi connectivity index (χ3v) is 3.45. The van der Waals surface area contributed by atoms with Gasteiger partial charge in [0, 0.05) is 32.9 Å². The zero-order chi connectivity index (χ0) is 11.7. The Kier molecular flexibility index (Phi) is 3.42. The second-order valence-electron chi connectivity index (χ2n) is 3.18. The van der Waals surface area contributed by atoms with E-state index in [-0.39, 0.29) is 10.6 Å². The number of rotatable bonds is 2. The van der Waals surface area contributed by atoms with E-state index in [1.54, 1.807) is 6.07 Å². The minimum absolute atomic E-state index is 0.122. The third kappa shape index (κ3) is 3.81. The molecule has 0 bridgehead atoms. The highest BCUT2D eigenvalue weighted by molar-refractivity contribution is 8.13. The van der Waals surface area contributed by atoms with E-state index in [0.29, 0.717) is 0 Å². The lowest BCUT2D eigenvalue weighted by Gasteiger charge is -2.02. The molecule has 0 aliphatic carbocycles. The molecule has 0 unspecified atom stereocenters. The Morgan fingerprint density at radius 1 is 1.13 bits per heavy atom. The zero-order valence-corrected chi connectivity index (χ0v) is 10.6. The summed E-state index contributed by atoms with van der Waals surface area (Å²) >= 11 is 0. The maximum absolute atomic E-state index is 11.4. The average molecular weight is 268 g/mol. The summed E-state index contributed by atoms with van der Waals surface area (Å²) in [5.41, 5.74) is 0.127. The van der Waals surface area contributed by atoms with Crippen molar-refractivity contribution in [2.45, 2.75) is 4.90 Å². The third-order valence-electron chi connectivity index (χ3n) is 1.45. The molecule has 15 heavy (non-hydrogen) atoms. The SMILES string of the molecule is CS(C)(=O)=Nc1ccccc1S(=O)(=O)Cl. The largest absolute Gasteiger partial charge is 0.263 e. The van der Waals surface area contributed by atoms with E-state index in [4.69, 9.17) is 10.7 Å². The fraction of sp³-hybridized carbons (Fsp3) is 0.250. The van der Waals surface area contributed by atoms with Crippen LogP contribution in [0.4, 0.5) is 5.69 Å². The summed E-state index contributed by atoms with van der Waals surface area (Å²) in [6, 6.07) is 5.92. The molecule has 0 aliphatic heterocycles. The summed E-state index contributed by atoms with van der Waals surface area (Å²) in [5, 5.41) is 0. The summed E-state index contributed by atoms with van der Waals surface area (Å²) in [6.45, 7) is 0. The molecule has 0 aliphatic rings. The van der Waals surface area contributed by atoms with Gasteiger partial charge in [0.05, 0.1) is 5.69 Å². The van der Waals surface area contributed by atoms with Crippen LogP contribution in [0.15, 0.2) is 33.5 Å². The van der Waals surface area contributed by atoms with Crippen molar-refractivity contribution in [3.63, 3.8) is 0 Å². The lowest BCUT2D eigenvalue weighted by molar-refractivity contribution is 0.610. The van der Waals surface area contributed by atoms with Gasteiger partial charge in [-0.3, -0.25) is 0 Å². The van der Waals surface area contributed by atoms with E-state index in [0.717, 1.165) is 0 Å². The van der Waals surface area contributed by atoms with Crippen molar-refractivity contribution in [1.82, 2.24) is 0 Å². The van der Waals surface area contributed by atoms with E-state index in [1.807, 2.05) is 0 Å². The van der Waals surface area contributed by atoms with Crippen molar-refractivity contribution >= 4 is 35.1 Å². The van der Waals surface area contributed by atoms with Crippen LogP contribution in [0.3, 0.4) is 0 Å². The van der Waals surface area contributed by atoms with Crippen molar-refractivity contribution in [2.75, 3.05) is 12.5 Å². The normalized spacial score (nSPS) is 12.5. The van der Waals surface area contributed by atoms with Crippen molar-refractivity contribution in [1.29, 1.82) is 0 Å². The number of halogens is 1. The number of hydrogen-bond acceptors (Lipinski definition) is 4. The Morgan fingerprint density at radius 3 is 2.13 bits per heavy atom. The molecule has 0 saturated carbocycles. The van der Waals surface area contributed by atoms with Crippen LogP contribution in [-0.2, 0) is 18.8 Å². The molecule has 0 fully saturated rings. The Hall–Kier alpha value is -0.590. The standard InChI is InChI=1S/C8H10ClNO3S2/c1-14(2,11)10-7-5-3-4-6-8(7)15(9,12)13/h3-6H,1-2H3. The quantitative estimate of drug-likeness (QED) is 0.770. The molecule has 0 amide bonds.